The molecule has 4 rings (SSSR count). The number of alkyl halides is 6. The average molecular weight is 709 g/mol. The van der Waals surface area contributed by atoms with Crippen LogP contribution in [0.1, 0.15) is 30.7 Å². The van der Waals surface area contributed by atoms with Crippen molar-refractivity contribution in [2.24, 2.45) is 5.10 Å². The van der Waals surface area contributed by atoms with Gasteiger partial charge in [-0.25, -0.2) is 18.8 Å². The molecule has 1 atom stereocenters. The van der Waals surface area contributed by atoms with Crippen LogP contribution in [0.3, 0.4) is 0 Å². The number of sulfonamides is 1. The summed E-state index contributed by atoms with van der Waals surface area (Å²) in [7, 11) is -4.44. The van der Waals surface area contributed by atoms with E-state index in [0.29, 0.717) is 34.9 Å². The molecule has 0 unspecified atom stereocenters. The second-order valence-electron chi connectivity index (χ2n) is 9.39. The van der Waals surface area contributed by atoms with Crippen LogP contribution in [0.5, 0.6) is 5.75 Å². The SMILES string of the molecule is CC.O=CN/N=C\c1csc(N2CCN(S(=O)(=O)c3ccc(C(F)(F)F)cc3)[C@@H](C(=O)NCCc3ccc(OC(F)(F)F)cc3)C2)n1. The normalized spacial score (nSPS) is 15.9. The zero-order valence-electron chi connectivity index (χ0n) is 24.9. The number of thiazole rings is 1. The van der Waals surface area contributed by atoms with E-state index < -0.39 is 50.7 Å². The number of aromatic nitrogens is 1. The molecule has 256 valence electrons. The van der Waals surface area contributed by atoms with Gasteiger partial charge in [0.05, 0.1) is 22.4 Å². The summed E-state index contributed by atoms with van der Waals surface area (Å²) in [5.41, 5.74) is 2.01. The van der Waals surface area contributed by atoms with E-state index in [4.69, 9.17) is 0 Å². The Bertz CT molecular complexity index is 1610. The van der Waals surface area contributed by atoms with Crippen molar-refractivity contribution in [2.75, 3.05) is 31.1 Å². The highest BCUT2D eigenvalue weighted by Crippen LogP contribution is 2.32. The molecule has 2 N–H and O–H groups in total. The summed E-state index contributed by atoms with van der Waals surface area (Å²) in [5, 5.41) is 8.33. The maximum Gasteiger partial charge on any atom is 0.573 e. The first kappa shape index (κ1) is 37.2. The highest BCUT2D eigenvalue weighted by Gasteiger charge is 2.41. The van der Waals surface area contributed by atoms with Crippen LogP contribution in [0.25, 0.3) is 0 Å². The Kier molecular flexibility index (Phi) is 12.7. The van der Waals surface area contributed by atoms with E-state index in [1.807, 2.05) is 13.8 Å². The average Bonchev–Trinajstić information content (AvgIpc) is 3.50. The van der Waals surface area contributed by atoms with Crippen molar-refractivity contribution >= 4 is 45.0 Å². The van der Waals surface area contributed by atoms with Crippen molar-refractivity contribution in [2.45, 2.75) is 43.7 Å². The molecular weight excluding hydrogens is 678 g/mol. The number of nitrogens with one attached hydrogen (secondary N) is 2. The van der Waals surface area contributed by atoms with Crippen molar-refractivity contribution in [1.82, 2.24) is 20.0 Å². The fourth-order valence-corrected chi connectivity index (χ4v) is 6.70. The van der Waals surface area contributed by atoms with Gasteiger partial charge in [-0.1, -0.05) is 26.0 Å². The summed E-state index contributed by atoms with van der Waals surface area (Å²) in [6, 6.07) is 6.59. The van der Waals surface area contributed by atoms with Gasteiger partial charge in [-0.3, -0.25) is 9.59 Å². The maximum atomic E-state index is 13.6. The van der Waals surface area contributed by atoms with E-state index in [1.54, 1.807) is 10.3 Å². The molecule has 0 saturated carbocycles. The highest BCUT2D eigenvalue weighted by atomic mass is 32.2. The van der Waals surface area contributed by atoms with Gasteiger partial charge < -0.3 is 15.0 Å². The van der Waals surface area contributed by atoms with Crippen LogP contribution in [0.15, 0.2) is 63.9 Å². The number of nitrogens with zero attached hydrogens (tertiary/aromatic N) is 4. The van der Waals surface area contributed by atoms with E-state index in [0.717, 1.165) is 28.6 Å². The van der Waals surface area contributed by atoms with E-state index in [2.05, 4.69) is 25.6 Å². The number of amides is 2. The fourth-order valence-electron chi connectivity index (χ4n) is 4.31. The number of anilines is 1. The van der Waals surface area contributed by atoms with Gasteiger partial charge in [0, 0.05) is 31.6 Å². The molecule has 1 fully saturated rings. The largest absolute Gasteiger partial charge is 0.573 e. The second kappa shape index (κ2) is 16.1. The predicted molar refractivity (Wildman–Crippen MR) is 161 cm³/mol. The van der Waals surface area contributed by atoms with Gasteiger partial charge in [-0.05, 0) is 48.4 Å². The summed E-state index contributed by atoms with van der Waals surface area (Å²) >= 11 is 1.18. The minimum Gasteiger partial charge on any atom is -0.406 e. The standard InChI is InChI=1S/C26H24F6N6O5S2.C2H6/c27-25(28,29)18-3-7-21(8-4-18)45(41,42)38-12-11-37(24-36-19(15-44-24)13-34-35-16-39)14-22(38)23(40)33-10-9-17-1-5-20(6-2-17)43-26(30,31)32;1-2/h1-8,13,15-16,22H,9-12,14H2,(H,33,40)(H,35,39);1-2H3/b34-13-;/t22-;/m1./s1. The molecule has 2 amide bonds. The number of hydrogen-bond acceptors (Lipinski definition) is 9. The molecule has 2 heterocycles. The number of rotatable bonds is 11. The van der Waals surface area contributed by atoms with E-state index in [9.17, 15) is 44.3 Å². The molecule has 1 aliphatic heterocycles. The smallest absolute Gasteiger partial charge is 0.406 e. The van der Waals surface area contributed by atoms with Crippen LogP contribution in [0.4, 0.5) is 31.5 Å². The number of benzene rings is 2. The van der Waals surface area contributed by atoms with Gasteiger partial charge in [0.1, 0.15) is 11.8 Å². The zero-order valence-corrected chi connectivity index (χ0v) is 26.5. The summed E-state index contributed by atoms with van der Waals surface area (Å²) < 4.78 is 108. The Morgan fingerprint density at radius 1 is 1.06 bits per heavy atom. The molecule has 1 aromatic heterocycles. The number of ether oxygens (including phenoxy) is 1. The first-order chi connectivity index (χ1) is 22.2. The molecule has 3 aromatic rings. The first-order valence-corrected chi connectivity index (χ1v) is 16.2. The Hall–Kier alpha value is -4.23. The van der Waals surface area contributed by atoms with Crippen molar-refractivity contribution in [3.05, 3.63) is 70.7 Å². The van der Waals surface area contributed by atoms with E-state index in [1.165, 1.54) is 29.7 Å². The lowest BCUT2D eigenvalue weighted by Crippen LogP contribution is -2.60. The Labute approximate surface area is 270 Å². The topological polar surface area (TPSA) is 133 Å². The monoisotopic (exact) mass is 708 g/mol. The lowest BCUT2D eigenvalue weighted by Gasteiger charge is -2.39. The second-order valence-corrected chi connectivity index (χ2v) is 12.1. The van der Waals surface area contributed by atoms with Gasteiger partial charge in [0.15, 0.2) is 5.13 Å². The minimum absolute atomic E-state index is 0.00935. The van der Waals surface area contributed by atoms with Crippen molar-refractivity contribution in [1.29, 1.82) is 0 Å². The van der Waals surface area contributed by atoms with E-state index >= 15 is 0 Å². The molecule has 1 aliphatic rings. The summed E-state index contributed by atoms with van der Waals surface area (Å²) in [5.74, 6) is -1.13. The zero-order chi connectivity index (χ0) is 34.8. The number of hydrazone groups is 1. The maximum absolute atomic E-state index is 13.6. The van der Waals surface area contributed by atoms with Crippen molar-refractivity contribution < 1.29 is 49.1 Å². The summed E-state index contributed by atoms with van der Waals surface area (Å²) in [4.78, 5) is 29.4. The third kappa shape index (κ3) is 10.4. The van der Waals surface area contributed by atoms with Crippen LogP contribution in [0, 0.1) is 0 Å². The fraction of sp³-hybridized carbons (Fsp3) is 0.357. The Morgan fingerprint density at radius 3 is 2.32 bits per heavy atom. The molecule has 0 spiro atoms. The van der Waals surface area contributed by atoms with Gasteiger partial charge in [0.2, 0.25) is 22.3 Å². The molecule has 47 heavy (non-hydrogen) atoms. The van der Waals surface area contributed by atoms with Crippen LogP contribution in [-0.2, 0) is 32.2 Å². The third-order valence-electron chi connectivity index (χ3n) is 6.40. The van der Waals surface area contributed by atoms with Crippen molar-refractivity contribution in [3.63, 3.8) is 0 Å². The molecule has 19 heteroatoms. The molecule has 2 aromatic carbocycles. The van der Waals surface area contributed by atoms with Crippen LogP contribution >= 0.6 is 11.3 Å². The Morgan fingerprint density at radius 2 is 1.72 bits per heavy atom. The number of carbonyl (C=O) groups excluding carboxylic acids is 2. The van der Waals surface area contributed by atoms with Crippen LogP contribution in [-0.4, -0.2) is 74.8 Å². The van der Waals surface area contributed by atoms with Crippen molar-refractivity contribution in [3.8, 4) is 5.75 Å². The molecule has 0 radical (unpaired) electrons. The summed E-state index contributed by atoms with van der Waals surface area (Å²) in [6.07, 6.45) is -7.70. The van der Waals surface area contributed by atoms with E-state index in [-0.39, 0.29) is 32.6 Å². The van der Waals surface area contributed by atoms with Gasteiger partial charge >= 0.3 is 12.5 Å². The van der Waals surface area contributed by atoms with Crippen LogP contribution in [0.2, 0.25) is 0 Å². The predicted octanol–water partition coefficient (Wildman–Crippen LogP) is 4.41. The third-order valence-corrected chi connectivity index (χ3v) is 9.24. The molecule has 1 saturated heterocycles. The number of carbonyl (C=O) groups is 2. The van der Waals surface area contributed by atoms with Crippen LogP contribution < -0.4 is 20.4 Å². The highest BCUT2D eigenvalue weighted by molar-refractivity contribution is 7.89. The number of hydrogen-bond donors (Lipinski definition) is 2. The van der Waals surface area contributed by atoms with Gasteiger partial charge in [-0.15, -0.1) is 24.5 Å². The molecule has 0 aliphatic carbocycles. The number of halogens is 6. The lowest BCUT2D eigenvalue weighted by atomic mass is 10.1. The number of piperazine rings is 1. The Balaban J connectivity index is 0.00000294. The molecule has 11 nitrogen and oxygen atoms in total. The minimum atomic E-state index is -4.85. The molecule has 0 bridgehead atoms. The quantitative estimate of drug-likeness (QED) is 0.131. The van der Waals surface area contributed by atoms with Gasteiger partial charge in [0.25, 0.3) is 0 Å². The summed E-state index contributed by atoms with van der Waals surface area (Å²) in [6.45, 7) is 3.71. The van der Waals surface area contributed by atoms with Gasteiger partial charge in [-0.2, -0.15) is 22.6 Å². The molecular formula is C28H30F6N6O5S2. The lowest BCUT2D eigenvalue weighted by molar-refractivity contribution is -0.274. The first-order valence-electron chi connectivity index (χ1n) is 13.9.